The third kappa shape index (κ3) is 1.76. The third-order valence-electron chi connectivity index (χ3n) is 1.58. The van der Waals surface area contributed by atoms with Gasteiger partial charge in [-0.15, -0.1) is 9.78 Å². The van der Waals surface area contributed by atoms with E-state index in [4.69, 9.17) is 5.73 Å². The smallest absolute Gasteiger partial charge is 0.347 e. The van der Waals surface area contributed by atoms with Gasteiger partial charge in [-0.3, -0.25) is 0 Å². The number of nitrogen functional groups attached to an aromatic ring is 1. The SMILES string of the molecule is CN(C)C(=O)n1nc(N(C)C)nc1N. The highest BCUT2D eigenvalue weighted by atomic mass is 16.2. The van der Waals surface area contributed by atoms with Gasteiger partial charge >= 0.3 is 6.03 Å². The Labute approximate surface area is 82.1 Å². The Morgan fingerprint density at radius 2 is 1.93 bits per heavy atom. The van der Waals surface area contributed by atoms with E-state index in [1.54, 1.807) is 33.1 Å². The van der Waals surface area contributed by atoms with E-state index in [0.717, 1.165) is 4.68 Å². The van der Waals surface area contributed by atoms with Gasteiger partial charge in [-0.05, 0) is 0 Å². The fourth-order valence-corrected chi connectivity index (χ4v) is 0.833. The summed E-state index contributed by atoms with van der Waals surface area (Å²) in [5.74, 6) is 0.505. The van der Waals surface area contributed by atoms with Crippen molar-refractivity contribution in [1.82, 2.24) is 19.7 Å². The van der Waals surface area contributed by atoms with E-state index in [1.165, 1.54) is 4.90 Å². The second kappa shape index (κ2) is 3.52. The van der Waals surface area contributed by atoms with Crippen LogP contribution in [0.3, 0.4) is 0 Å². The van der Waals surface area contributed by atoms with Crippen molar-refractivity contribution in [2.24, 2.45) is 0 Å². The van der Waals surface area contributed by atoms with E-state index in [9.17, 15) is 4.79 Å². The number of carbonyl (C=O) groups excluding carboxylic acids is 1. The average molecular weight is 198 g/mol. The maximum Gasteiger partial charge on any atom is 0.347 e. The largest absolute Gasteiger partial charge is 0.368 e. The summed E-state index contributed by atoms with van der Waals surface area (Å²) in [6.45, 7) is 0. The minimum Gasteiger partial charge on any atom is -0.368 e. The van der Waals surface area contributed by atoms with Gasteiger partial charge in [0.15, 0.2) is 0 Å². The minimum absolute atomic E-state index is 0.0902. The molecule has 0 aliphatic rings. The van der Waals surface area contributed by atoms with Crippen LogP contribution in [-0.4, -0.2) is 53.9 Å². The molecule has 0 atom stereocenters. The topological polar surface area (TPSA) is 80.3 Å². The molecule has 0 aliphatic carbocycles. The molecule has 1 aromatic heterocycles. The highest BCUT2D eigenvalue weighted by Gasteiger charge is 2.15. The van der Waals surface area contributed by atoms with Gasteiger partial charge in [0.1, 0.15) is 0 Å². The standard InChI is InChI=1S/C7H14N6O/c1-11(2)6-9-5(8)13(10-6)7(14)12(3)4/h1-4H3,(H2,8,9,10). The minimum atomic E-state index is -0.317. The Bertz CT molecular complexity index is 342. The molecule has 0 aliphatic heterocycles. The molecule has 1 amide bonds. The number of carbonyl (C=O) groups is 1. The van der Waals surface area contributed by atoms with Crippen LogP contribution in [-0.2, 0) is 0 Å². The Kier molecular flexibility index (Phi) is 2.59. The van der Waals surface area contributed by atoms with Gasteiger partial charge in [-0.25, -0.2) is 4.79 Å². The molecule has 7 nitrogen and oxygen atoms in total. The van der Waals surface area contributed by atoms with Gasteiger partial charge in [0.2, 0.25) is 11.9 Å². The Hall–Kier alpha value is -1.79. The lowest BCUT2D eigenvalue weighted by molar-refractivity contribution is 0.216. The van der Waals surface area contributed by atoms with E-state index in [2.05, 4.69) is 10.1 Å². The number of anilines is 2. The molecule has 0 saturated heterocycles. The van der Waals surface area contributed by atoms with Gasteiger partial charge in [0.05, 0.1) is 0 Å². The normalized spacial score (nSPS) is 10.0. The van der Waals surface area contributed by atoms with Gasteiger partial charge in [-0.2, -0.15) is 4.98 Å². The fraction of sp³-hybridized carbons (Fsp3) is 0.571. The molecule has 14 heavy (non-hydrogen) atoms. The van der Waals surface area contributed by atoms with Crippen LogP contribution in [0.2, 0.25) is 0 Å². The van der Waals surface area contributed by atoms with E-state index in [-0.39, 0.29) is 12.0 Å². The number of amides is 1. The zero-order valence-electron chi connectivity index (χ0n) is 8.72. The second-order valence-electron chi connectivity index (χ2n) is 3.25. The van der Waals surface area contributed by atoms with Crippen LogP contribution in [0.5, 0.6) is 0 Å². The van der Waals surface area contributed by atoms with Gasteiger partial charge in [0.25, 0.3) is 0 Å². The third-order valence-corrected chi connectivity index (χ3v) is 1.58. The van der Waals surface area contributed by atoms with Gasteiger partial charge in [-0.1, -0.05) is 0 Å². The average Bonchev–Trinajstić information content (AvgIpc) is 2.46. The van der Waals surface area contributed by atoms with Crippen molar-refractivity contribution in [2.45, 2.75) is 0 Å². The first-order chi connectivity index (χ1) is 6.43. The monoisotopic (exact) mass is 198 g/mol. The van der Waals surface area contributed by atoms with Gasteiger partial charge in [0, 0.05) is 28.2 Å². The van der Waals surface area contributed by atoms with Crippen LogP contribution < -0.4 is 10.6 Å². The summed E-state index contributed by atoms with van der Waals surface area (Å²) in [6.07, 6.45) is 0. The summed E-state index contributed by atoms with van der Waals surface area (Å²) in [5.41, 5.74) is 5.53. The van der Waals surface area contributed by atoms with E-state index >= 15 is 0 Å². The predicted molar refractivity (Wildman–Crippen MR) is 53.2 cm³/mol. The number of hydrogen-bond donors (Lipinski definition) is 1. The molecule has 1 rings (SSSR count). The summed E-state index contributed by atoms with van der Waals surface area (Å²) < 4.78 is 1.06. The zero-order valence-corrected chi connectivity index (χ0v) is 8.72. The molecule has 0 unspecified atom stereocenters. The lowest BCUT2D eigenvalue weighted by Crippen LogP contribution is -2.29. The molecule has 0 saturated carbocycles. The van der Waals surface area contributed by atoms with Gasteiger partial charge < -0.3 is 15.5 Å². The molecular weight excluding hydrogens is 184 g/mol. The molecule has 0 radical (unpaired) electrons. The summed E-state index contributed by atoms with van der Waals surface area (Å²) in [7, 11) is 6.80. The molecule has 1 heterocycles. The lowest BCUT2D eigenvalue weighted by Gasteiger charge is -2.09. The van der Waals surface area contributed by atoms with Crippen LogP contribution in [0.4, 0.5) is 16.7 Å². The summed E-state index contributed by atoms with van der Waals surface area (Å²) in [4.78, 5) is 18.5. The van der Waals surface area contributed by atoms with Crippen molar-refractivity contribution in [1.29, 1.82) is 0 Å². The highest BCUT2D eigenvalue weighted by Crippen LogP contribution is 2.07. The van der Waals surface area contributed by atoms with Crippen molar-refractivity contribution in [3.63, 3.8) is 0 Å². The van der Waals surface area contributed by atoms with Crippen LogP contribution in [0.25, 0.3) is 0 Å². The molecule has 0 fully saturated rings. The molecule has 78 valence electrons. The van der Waals surface area contributed by atoms with Crippen molar-refractivity contribution >= 4 is 17.9 Å². The van der Waals surface area contributed by atoms with Crippen LogP contribution in [0.1, 0.15) is 0 Å². The van der Waals surface area contributed by atoms with Crippen molar-refractivity contribution in [3.05, 3.63) is 0 Å². The maximum absolute atomic E-state index is 11.5. The number of nitrogens with two attached hydrogens (primary N) is 1. The number of hydrogen-bond acceptors (Lipinski definition) is 5. The Morgan fingerprint density at radius 3 is 2.29 bits per heavy atom. The second-order valence-corrected chi connectivity index (χ2v) is 3.25. The summed E-state index contributed by atoms with van der Waals surface area (Å²) >= 11 is 0. The van der Waals surface area contributed by atoms with Crippen LogP contribution >= 0.6 is 0 Å². The summed E-state index contributed by atoms with van der Waals surface area (Å²) in [6, 6.07) is -0.317. The maximum atomic E-state index is 11.5. The number of rotatable bonds is 1. The van der Waals surface area contributed by atoms with Crippen molar-refractivity contribution in [2.75, 3.05) is 38.8 Å². The molecule has 7 heteroatoms. The first-order valence-electron chi connectivity index (χ1n) is 4.05. The lowest BCUT2D eigenvalue weighted by atomic mass is 10.8. The first kappa shape index (κ1) is 10.3. The molecule has 1 aromatic rings. The predicted octanol–water partition coefficient (Wildman–Crippen LogP) is -0.544. The molecular formula is C7H14N6O. The van der Waals surface area contributed by atoms with Crippen molar-refractivity contribution in [3.8, 4) is 0 Å². The molecule has 0 spiro atoms. The Balaban J connectivity index is 3.04. The Morgan fingerprint density at radius 1 is 1.36 bits per heavy atom. The molecule has 0 bridgehead atoms. The molecule has 2 N–H and O–H groups in total. The van der Waals surface area contributed by atoms with E-state index < -0.39 is 0 Å². The van der Waals surface area contributed by atoms with Crippen molar-refractivity contribution < 1.29 is 4.79 Å². The quantitative estimate of drug-likeness (QED) is 0.655. The summed E-state index contributed by atoms with van der Waals surface area (Å²) in [5, 5.41) is 3.95. The van der Waals surface area contributed by atoms with Crippen LogP contribution in [0, 0.1) is 0 Å². The number of aromatic nitrogens is 3. The first-order valence-corrected chi connectivity index (χ1v) is 4.05. The molecule has 0 aromatic carbocycles. The fourth-order valence-electron chi connectivity index (χ4n) is 0.833. The zero-order chi connectivity index (χ0) is 10.9. The highest BCUT2D eigenvalue weighted by molar-refractivity contribution is 5.78. The van der Waals surface area contributed by atoms with E-state index in [1.807, 2.05) is 0 Å². The van der Waals surface area contributed by atoms with Crippen LogP contribution in [0.15, 0.2) is 0 Å². The number of nitrogens with zero attached hydrogens (tertiary/aromatic N) is 5. The van der Waals surface area contributed by atoms with E-state index in [0.29, 0.717) is 5.95 Å².